The first kappa shape index (κ1) is 15.6. The predicted octanol–water partition coefficient (Wildman–Crippen LogP) is 1.24. The Labute approximate surface area is 126 Å². The molecule has 1 fully saturated rings. The van der Waals surface area contributed by atoms with Crippen LogP contribution in [0.5, 0.6) is 0 Å². The molecule has 21 heavy (non-hydrogen) atoms. The normalized spacial score (nSPS) is 18.1. The minimum Gasteiger partial charge on any atom is -0.395 e. The van der Waals surface area contributed by atoms with Gasteiger partial charge in [0.25, 0.3) is 5.91 Å². The van der Waals surface area contributed by atoms with Crippen LogP contribution < -0.4 is 5.32 Å². The molecule has 1 saturated heterocycles. The Kier molecular flexibility index (Phi) is 5.79. The molecule has 4 heteroatoms. The van der Waals surface area contributed by atoms with E-state index in [0.717, 1.165) is 18.5 Å². The Morgan fingerprint density at radius 1 is 1.43 bits per heavy atom. The third-order valence-corrected chi connectivity index (χ3v) is 3.79. The fraction of sp³-hybridized carbons (Fsp3) is 0.471. The van der Waals surface area contributed by atoms with Crippen molar-refractivity contribution in [2.24, 2.45) is 0 Å². The maximum atomic E-state index is 12.1. The molecule has 0 aromatic heterocycles. The Balaban J connectivity index is 1.86. The van der Waals surface area contributed by atoms with E-state index in [0.29, 0.717) is 24.6 Å². The first-order valence-electron chi connectivity index (χ1n) is 7.39. The molecule has 1 aromatic rings. The number of likely N-dealkylation sites (N-methyl/N-ethyl adjacent to an activating group) is 1. The van der Waals surface area contributed by atoms with Crippen molar-refractivity contribution in [3.63, 3.8) is 0 Å². The highest BCUT2D eigenvalue weighted by Crippen LogP contribution is 2.13. The van der Waals surface area contributed by atoms with Crippen molar-refractivity contribution in [3.8, 4) is 11.8 Å². The second-order valence-corrected chi connectivity index (χ2v) is 5.34. The lowest BCUT2D eigenvalue weighted by Crippen LogP contribution is -2.38. The number of carbonyl (C=O) groups excluding carboxylic acids is 1. The summed E-state index contributed by atoms with van der Waals surface area (Å²) in [5.41, 5.74) is 1.51. The maximum Gasteiger partial charge on any atom is 0.251 e. The summed E-state index contributed by atoms with van der Waals surface area (Å²) < 4.78 is 0. The van der Waals surface area contributed by atoms with Crippen molar-refractivity contribution >= 4 is 5.91 Å². The molecule has 0 saturated carbocycles. The molecule has 1 aromatic carbocycles. The van der Waals surface area contributed by atoms with Crippen molar-refractivity contribution < 1.29 is 9.90 Å². The van der Waals surface area contributed by atoms with Crippen LogP contribution in [-0.2, 0) is 0 Å². The monoisotopic (exact) mass is 286 g/mol. The number of hydrogen-bond acceptors (Lipinski definition) is 3. The molecule has 4 nitrogen and oxygen atoms in total. The first-order chi connectivity index (χ1) is 10.2. The van der Waals surface area contributed by atoms with E-state index in [-0.39, 0.29) is 12.5 Å². The highest BCUT2D eigenvalue weighted by atomic mass is 16.2. The Bertz CT molecular complexity index is 528. The summed E-state index contributed by atoms with van der Waals surface area (Å²) in [4.78, 5) is 14.4. The standard InChI is InChI=1S/C17H22N2O2/c1-19-11-4-6-16(19)13-18-17(21)15-9-7-14(8-10-15)5-2-3-12-20/h7-10,16,20H,3-4,6,11-13H2,1H3,(H,18,21). The van der Waals surface area contributed by atoms with E-state index in [1.807, 2.05) is 12.1 Å². The van der Waals surface area contributed by atoms with Crippen LogP contribution in [-0.4, -0.2) is 48.7 Å². The molecule has 112 valence electrons. The number of carbonyl (C=O) groups is 1. The van der Waals surface area contributed by atoms with E-state index in [1.54, 1.807) is 12.1 Å². The lowest BCUT2D eigenvalue weighted by molar-refractivity contribution is 0.0943. The van der Waals surface area contributed by atoms with E-state index in [4.69, 9.17) is 5.11 Å². The van der Waals surface area contributed by atoms with Crippen LogP contribution in [0.4, 0.5) is 0 Å². The molecule has 0 aliphatic carbocycles. The van der Waals surface area contributed by atoms with Gasteiger partial charge in [-0.15, -0.1) is 0 Å². The van der Waals surface area contributed by atoms with Crippen molar-refractivity contribution in [2.45, 2.75) is 25.3 Å². The molecule has 0 spiro atoms. The number of aliphatic hydroxyl groups is 1. The molecule has 1 atom stereocenters. The van der Waals surface area contributed by atoms with Crippen LogP contribution in [0.15, 0.2) is 24.3 Å². The number of nitrogens with zero attached hydrogens (tertiary/aromatic N) is 1. The Morgan fingerprint density at radius 2 is 2.19 bits per heavy atom. The predicted molar refractivity (Wildman–Crippen MR) is 83.0 cm³/mol. The molecule has 2 rings (SSSR count). The number of amides is 1. The molecule has 0 radical (unpaired) electrons. The lowest BCUT2D eigenvalue weighted by atomic mass is 10.1. The van der Waals surface area contributed by atoms with Crippen LogP contribution >= 0.6 is 0 Å². The smallest absolute Gasteiger partial charge is 0.251 e. The summed E-state index contributed by atoms with van der Waals surface area (Å²) >= 11 is 0. The lowest BCUT2D eigenvalue weighted by Gasteiger charge is -2.19. The summed E-state index contributed by atoms with van der Waals surface area (Å²) in [6, 6.07) is 7.70. The second kappa shape index (κ2) is 7.82. The highest BCUT2D eigenvalue weighted by molar-refractivity contribution is 5.94. The van der Waals surface area contributed by atoms with Crippen LogP contribution in [0.2, 0.25) is 0 Å². The molecular weight excluding hydrogens is 264 g/mol. The van der Waals surface area contributed by atoms with E-state index in [9.17, 15) is 4.79 Å². The third-order valence-electron chi connectivity index (χ3n) is 3.79. The van der Waals surface area contributed by atoms with Gasteiger partial charge in [-0.05, 0) is 50.7 Å². The summed E-state index contributed by atoms with van der Waals surface area (Å²) in [5, 5.41) is 11.7. The van der Waals surface area contributed by atoms with Gasteiger partial charge in [0.2, 0.25) is 0 Å². The van der Waals surface area contributed by atoms with Gasteiger partial charge in [-0.3, -0.25) is 4.79 Å². The highest BCUT2D eigenvalue weighted by Gasteiger charge is 2.21. The number of likely N-dealkylation sites (tertiary alicyclic amines) is 1. The minimum absolute atomic E-state index is 0.0369. The molecule has 1 amide bonds. The van der Waals surface area contributed by atoms with Gasteiger partial charge in [0.15, 0.2) is 0 Å². The van der Waals surface area contributed by atoms with E-state index < -0.39 is 0 Å². The van der Waals surface area contributed by atoms with E-state index in [1.165, 1.54) is 6.42 Å². The quantitative estimate of drug-likeness (QED) is 0.819. The van der Waals surface area contributed by atoms with Crippen LogP contribution in [0.1, 0.15) is 35.2 Å². The zero-order valence-electron chi connectivity index (χ0n) is 12.4. The molecule has 1 aliphatic rings. The van der Waals surface area contributed by atoms with Crippen LogP contribution in [0.25, 0.3) is 0 Å². The molecule has 1 unspecified atom stereocenters. The van der Waals surface area contributed by atoms with Gasteiger partial charge >= 0.3 is 0 Å². The number of benzene rings is 1. The summed E-state index contributed by atoms with van der Waals surface area (Å²) in [6.45, 7) is 1.89. The van der Waals surface area contributed by atoms with Crippen LogP contribution in [0, 0.1) is 11.8 Å². The zero-order chi connectivity index (χ0) is 15.1. The summed E-state index contributed by atoms with van der Waals surface area (Å²) in [5.74, 6) is 5.77. The van der Waals surface area contributed by atoms with E-state index in [2.05, 4.69) is 29.1 Å². The second-order valence-electron chi connectivity index (χ2n) is 5.34. The maximum absolute atomic E-state index is 12.1. The van der Waals surface area contributed by atoms with Crippen molar-refractivity contribution in [1.82, 2.24) is 10.2 Å². The molecule has 1 aliphatic heterocycles. The SMILES string of the molecule is CN1CCCC1CNC(=O)c1ccc(C#CCCO)cc1. The van der Waals surface area contributed by atoms with Crippen LogP contribution in [0.3, 0.4) is 0 Å². The van der Waals surface area contributed by atoms with Gasteiger partial charge in [0.05, 0.1) is 6.61 Å². The van der Waals surface area contributed by atoms with Crippen molar-refractivity contribution in [3.05, 3.63) is 35.4 Å². The minimum atomic E-state index is -0.0369. The van der Waals surface area contributed by atoms with Gasteiger partial charge < -0.3 is 15.3 Å². The molecule has 1 heterocycles. The van der Waals surface area contributed by atoms with Gasteiger partial charge in [0, 0.05) is 30.1 Å². The molecule has 2 N–H and O–H groups in total. The number of nitrogens with one attached hydrogen (secondary N) is 1. The van der Waals surface area contributed by atoms with Gasteiger partial charge in [-0.1, -0.05) is 11.8 Å². The average molecular weight is 286 g/mol. The number of rotatable bonds is 4. The average Bonchev–Trinajstić information content (AvgIpc) is 2.91. The zero-order valence-corrected chi connectivity index (χ0v) is 12.4. The van der Waals surface area contributed by atoms with Crippen molar-refractivity contribution in [1.29, 1.82) is 0 Å². The fourth-order valence-electron chi connectivity index (χ4n) is 2.48. The first-order valence-corrected chi connectivity index (χ1v) is 7.39. The topological polar surface area (TPSA) is 52.6 Å². The van der Waals surface area contributed by atoms with E-state index >= 15 is 0 Å². The largest absolute Gasteiger partial charge is 0.395 e. The molecule has 0 bridgehead atoms. The van der Waals surface area contributed by atoms with Gasteiger partial charge in [-0.2, -0.15) is 0 Å². The summed E-state index contributed by atoms with van der Waals surface area (Å²) in [7, 11) is 2.10. The number of aliphatic hydroxyl groups excluding tert-OH is 1. The Hall–Kier alpha value is -1.83. The Morgan fingerprint density at radius 3 is 2.81 bits per heavy atom. The summed E-state index contributed by atoms with van der Waals surface area (Å²) in [6.07, 6.45) is 2.82. The fourth-order valence-corrected chi connectivity index (χ4v) is 2.48. The molecular formula is C17H22N2O2. The van der Waals surface area contributed by atoms with Crippen molar-refractivity contribution in [2.75, 3.05) is 26.7 Å². The third kappa shape index (κ3) is 4.59. The number of hydrogen-bond donors (Lipinski definition) is 2. The van der Waals surface area contributed by atoms with Gasteiger partial charge in [0.1, 0.15) is 0 Å². The van der Waals surface area contributed by atoms with Gasteiger partial charge in [-0.25, -0.2) is 0 Å².